The van der Waals surface area contributed by atoms with E-state index in [2.05, 4.69) is 10.0 Å². The van der Waals surface area contributed by atoms with Gasteiger partial charge in [-0.05, 0) is 34.5 Å². The van der Waals surface area contributed by atoms with Crippen LogP contribution in [-0.4, -0.2) is 0 Å². The molecule has 0 aliphatic heterocycles. The second-order valence-electron chi connectivity index (χ2n) is 2.37. The summed E-state index contributed by atoms with van der Waals surface area (Å²) in [7, 11) is -2.48. The van der Waals surface area contributed by atoms with Gasteiger partial charge in [0.25, 0.3) is 0 Å². The van der Waals surface area contributed by atoms with E-state index in [0.717, 1.165) is 5.56 Å². The van der Waals surface area contributed by atoms with Crippen LogP contribution in [0.2, 0.25) is 0 Å². The molecule has 1 unspecified atom stereocenters. The lowest BCUT2D eigenvalue weighted by Gasteiger charge is -2.01. The van der Waals surface area contributed by atoms with Gasteiger partial charge in [-0.25, -0.2) is 0 Å². The molecule has 1 aromatic rings. The Kier molecular flexibility index (Phi) is 4.33. The smallest absolute Gasteiger partial charge is 0.325 e. The summed E-state index contributed by atoms with van der Waals surface area (Å²) in [4.78, 5) is 2.63. The highest BCUT2D eigenvalue weighted by Gasteiger charge is 1.97. The van der Waals surface area contributed by atoms with E-state index in [9.17, 15) is 4.57 Å². The van der Waals surface area contributed by atoms with Crippen LogP contribution in [0.1, 0.15) is 5.56 Å². The van der Waals surface area contributed by atoms with Gasteiger partial charge in [-0.3, -0.25) is 4.57 Å². The van der Waals surface area contributed by atoms with Crippen LogP contribution in [0, 0.1) is 0 Å². The maximum Gasteiger partial charge on any atom is 0.325 e. The molecule has 0 radical (unpaired) electrons. The van der Waals surface area contributed by atoms with Crippen molar-refractivity contribution in [3.63, 3.8) is 0 Å². The van der Waals surface area contributed by atoms with Gasteiger partial charge in [0.05, 0.1) is 6.54 Å². The van der Waals surface area contributed by atoms with Gasteiger partial charge in [0.15, 0.2) is 0 Å². The molecule has 1 atom stereocenters. The Bertz CT molecular complexity index is 352. The molecule has 0 amide bonds. The fourth-order valence-electron chi connectivity index (χ4n) is 0.869. The molecule has 0 saturated carbocycles. The molecule has 0 aliphatic carbocycles. The highest BCUT2D eigenvalue weighted by Crippen LogP contribution is 2.30. The van der Waals surface area contributed by atoms with Crippen molar-refractivity contribution in [2.75, 3.05) is 0 Å². The quantitative estimate of drug-likeness (QED) is 0.344. The van der Waals surface area contributed by atoms with E-state index in [1.54, 1.807) is 24.3 Å². The van der Waals surface area contributed by atoms with Crippen LogP contribution in [-0.2, 0) is 11.1 Å². The highest BCUT2D eigenvalue weighted by atomic mass is 35.7. The molecule has 0 N–H and O–H groups in total. The Morgan fingerprint density at radius 3 is 2.64 bits per heavy atom. The lowest BCUT2D eigenvalue weighted by molar-refractivity contribution is 0.519. The van der Waals surface area contributed by atoms with Crippen LogP contribution in [0.15, 0.2) is 29.4 Å². The van der Waals surface area contributed by atoms with Crippen LogP contribution >= 0.6 is 18.6 Å². The van der Waals surface area contributed by atoms with Crippen molar-refractivity contribution in [2.45, 2.75) is 6.54 Å². The van der Waals surface area contributed by atoms with Crippen LogP contribution in [0.4, 0.5) is 0 Å². The zero-order valence-electron chi connectivity index (χ0n) is 7.05. The lowest BCUT2D eigenvalue weighted by atomic mass is 10.2. The summed E-state index contributed by atoms with van der Waals surface area (Å²) < 4.78 is 15.3. The number of hydrogen-bond acceptors (Lipinski definition) is 3. The Hall–Kier alpha value is -1.15. The third-order valence-electron chi connectivity index (χ3n) is 1.44. The third kappa shape index (κ3) is 3.71. The zero-order valence-corrected chi connectivity index (χ0v) is 8.81. The van der Waals surface area contributed by atoms with Gasteiger partial charge in [0.2, 0.25) is 0 Å². The van der Waals surface area contributed by atoms with Crippen LogP contribution in [0.3, 0.4) is 0 Å². The average Bonchev–Trinajstić information content (AvgIpc) is 2.16. The molecular weight excluding hydrogens is 225 g/mol. The lowest BCUT2D eigenvalue weighted by Crippen LogP contribution is -1.81. The standard InChI is InChI=1S/C7H7ClN3O2P/c8-14(12)13-7-3-1-6(2-4-7)5-10-11-9/h1-4,14H,5H2. The second kappa shape index (κ2) is 5.55. The zero-order chi connectivity index (χ0) is 10.4. The second-order valence-corrected chi connectivity index (χ2v) is 3.98. The van der Waals surface area contributed by atoms with E-state index in [4.69, 9.17) is 21.3 Å². The summed E-state index contributed by atoms with van der Waals surface area (Å²) in [6, 6.07) is 6.66. The van der Waals surface area contributed by atoms with Crippen molar-refractivity contribution in [1.29, 1.82) is 0 Å². The van der Waals surface area contributed by atoms with Gasteiger partial charge in [-0.2, -0.15) is 0 Å². The Morgan fingerprint density at radius 1 is 1.50 bits per heavy atom. The van der Waals surface area contributed by atoms with E-state index in [0.29, 0.717) is 5.75 Å². The first kappa shape index (κ1) is 10.9. The van der Waals surface area contributed by atoms with Crippen molar-refractivity contribution in [2.24, 2.45) is 5.11 Å². The van der Waals surface area contributed by atoms with E-state index in [-0.39, 0.29) is 6.54 Å². The number of azide groups is 1. The topological polar surface area (TPSA) is 75.1 Å². The summed E-state index contributed by atoms with van der Waals surface area (Å²) in [5.74, 6) is 0.438. The molecule has 0 spiro atoms. The maximum absolute atomic E-state index is 10.5. The van der Waals surface area contributed by atoms with Gasteiger partial charge < -0.3 is 4.52 Å². The summed E-state index contributed by atoms with van der Waals surface area (Å²) >= 11 is 5.19. The average molecular weight is 232 g/mol. The Balaban J connectivity index is 2.68. The fourth-order valence-corrected chi connectivity index (χ4v) is 1.46. The molecule has 7 heteroatoms. The molecule has 0 heterocycles. The predicted molar refractivity (Wildman–Crippen MR) is 54.8 cm³/mol. The van der Waals surface area contributed by atoms with Gasteiger partial charge in [-0.15, -0.1) is 0 Å². The molecule has 0 bridgehead atoms. The van der Waals surface area contributed by atoms with Crippen molar-refractivity contribution in [3.05, 3.63) is 40.3 Å². The predicted octanol–water partition coefficient (Wildman–Crippen LogP) is 3.50. The van der Waals surface area contributed by atoms with Gasteiger partial charge in [0, 0.05) is 4.91 Å². The Labute approximate surface area is 85.9 Å². The van der Waals surface area contributed by atoms with E-state index < -0.39 is 7.38 Å². The van der Waals surface area contributed by atoms with E-state index in [1.165, 1.54) is 0 Å². The molecule has 0 saturated heterocycles. The van der Waals surface area contributed by atoms with E-state index >= 15 is 0 Å². The molecule has 1 aromatic carbocycles. The number of benzene rings is 1. The first-order valence-electron chi connectivity index (χ1n) is 3.69. The number of rotatable bonds is 4. The van der Waals surface area contributed by atoms with Crippen molar-refractivity contribution in [3.8, 4) is 5.75 Å². The first-order chi connectivity index (χ1) is 6.72. The minimum Gasteiger partial charge on any atom is -0.435 e. The van der Waals surface area contributed by atoms with Crippen LogP contribution < -0.4 is 4.52 Å². The summed E-state index contributed by atoms with van der Waals surface area (Å²) in [5, 5.41) is 3.39. The van der Waals surface area contributed by atoms with Crippen LogP contribution in [0.5, 0.6) is 5.75 Å². The molecule has 0 aliphatic rings. The highest BCUT2D eigenvalue weighted by molar-refractivity contribution is 7.70. The molecule has 14 heavy (non-hydrogen) atoms. The first-order valence-corrected chi connectivity index (χ1v) is 6.02. The molecular formula is C7H7ClN3O2P. The van der Waals surface area contributed by atoms with Crippen molar-refractivity contribution < 1.29 is 9.09 Å². The minimum atomic E-state index is -2.48. The maximum atomic E-state index is 10.5. The molecule has 74 valence electrons. The summed E-state index contributed by atoms with van der Waals surface area (Å²) in [5.41, 5.74) is 8.93. The largest absolute Gasteiger partial charge is 0.435 e. The van der Waals surface area contributed by atoms with Gasteiger partial charge >= 0.3 is 7.38 Å². The van der Waals surface area contributed by atoms with E-state index in [1.807, 2.05) is 0 Å². The monoisotopic (exact) mass is 231 g/mol. The molecule has 0 fully saturated rings. The summed E-state index contributed by atoms with van der Waals surface area (Å²) in [6.07, 6.45) is 0. The van der Waals surface area contributed by atoms with Crippen molar-refractivity contribution >= 4 is 18.6 Å². The number of halogens is 1. The SMILES string of the molecule is [N-]=[N+]=NCc1ccc(O[PH](=O)Cl)cc1. The van der Waals surface area contributed by atoms with Crippen LogP contribution in [0.25, 0.3) is 10.4 Å². The van der Waals surface area contributed by atoms with Gasteiger partial charge in [0.1, 0.15) is 5.75 Å². The molecule has 5 nitrogen and oxygen atoms in total. The molecule has 1 rings (SSSR count). The minimum absolute atomic E-state index is 0.285. The molecule has 0 aromatic heterocycles. The van der Waals surface area contributed by atoms with Crippen molar-refractivity contribution in [1.82, 2.24) is 0 Å². The normalized spacial score (nSPS) is 11.5. The van der Waals surface area contributed by atoms with Gasteiger partial charge in [-0.1, -0.05) is 17.2 Å². The Morgan fingerprint density at radius 2 is 2.14 bits per heavy atom. The third-order valence-corrected chi connectivity index (χ3v) is 2.07. The summed E-state index contributed by atoms with van der Waals surface area (Å²) in [6.45, 7) is 0.285. The number of hydrogen-bond donors (Lipinski definition) is 0. The fraction of sp³-hybridized carbons (Fsp3) is 0.143. The number of nitrogens with zero attached hydrogens (tertiary/aromatic N) is 3.